The second kappa shape index (κ2) is 6.47. The number of amides is 2. The summed E-state index contributed by atoms with van der Waals surface area (Å²) in [6.07, 6.45) is 0.576. The molecule has 100 valence electrons. The molecule has 2 N–H and O–H groups in total. The van der Waals surface area contributed by atoms with Crippen molar-refractivity contribution in [2.45, 2.75) is 46.6 Å². The van der Waals surface area contributed by atoms with Gasteiger partial charge in [-0.1, -0.05) is 27.7 Å². The summed E-state index contributed by atoms with van der Waals surface area (Å²) in [5.74, 6) is -0.893. The van der Waals surface area contributed by atoms with E-state index in [4.69, 9.17) is 5.11 Å². The van der Waals surface area contributed by atoms with Gasteiger partial charge in [0.1, 0.15) is 0 Å². The topological polar surface area (TPSA) is 69.6 Å². The largest absolute Gasteiger partial charge is 0.481 e. The van der Waals surface area contributed by atoms with Crippen molar-refractivity contribution < 1.29 is 14.7 Å². The van der Waals surface area contributed by atoms with Gasteiger partial charge in [0.05, 0.1) is 6.42 Å². The van der Waals surface area contributed by atoms with E-state index in [0.29, 0.717) is 13.0 Å². The molecular weight excluding hydrogens is 220 g/mol. The average molecular weight is 244 g/mol. The van der Waals surface area contributed by atoms with Crippen LogP contribution in [0.15, 0.2) is 0 Å². The lowest BCUT2D eigenvalue weighted by atomic mass is 9.96. The van der Waals surface area contributed by atoms with Crippen molar-refractivity contribution in [1.29, 1.82) is 0 Å². The van der Waals surface area contributed by atoms with Gasteiger partial charge in [-0.15, -0.1) is 0 Å². The van der Waals surface area contributed by atoms with Gasteiger partial charge in [0.25, 0.3) is 0 Å². The molecule has 2 amide bonds. The minimum absolute atomic E-state index is 0.0284. The van der Waals surface area contributed by atoms with Crippen molar-refractivity contribution in [1.82, 2.24) is 10.2 Å². The first-order chi connectivity index (χ1) is 7.65. The molecule has 0 fully saturated rings. The summed E-state index contributed by atoms with van der Waals surface area (Å²) in [5.41, 5.74) is 0.0284. The Morgan fingerprint density at radius 2 is 1.88 bits per heavy atom. The first kappa shape index (κ1) is 15.7. The van der Waals surface area contributed by atoms with Gasteiger partial charge in [-0.3, -0.25) is 4.79 Å². The lowest BCUT2D eigenvalue weighted by molar-refractivity contribution is -0.137. The number of nitrogens with one attached hydrogen (secondary N) is 1. The van der Waals surface area contributed by atoms with E-state index in [1.165, 1.54) is 0 Å². The number of nitrogens with zero attached hydrogens (tertiary/aromatic N) is 1. The van der Waals surface area contributed by atoms with Crippen molar-refractivity contribution in [3.63, 3.8) is 0 Å². The lowest BCUT2D eigenvalue weighted by Crippen LogP contribution is -2.46. The Kier molecular flexibility index (Phi) is 5.99. The smallest absolute Gasteiger partial charge is 0.317 e. The van der Waals surface area contributed by atoms with Crippen molar-refractivity contribution in [3.8, 4) is 0 Å². The summed E-state index contributed by atoms with van der Waals surface area (Å²) < 4.78 is 0. The Balaban J connectivity index is 4.26. The molecule has 1 atom stereocenters. The van der Waals surface area contributed by atoms with Gasteiger partial charge in [-0.05, 0) is 11.8 Å². The molecule has 0 aromatic carbocycles. The third-order valence-electron chi connectivity index (χ3n) is 2.30. The third-order valence-corrected chi connectivity index (χ3v) is 2.30. The molecule has 0 aliphatic heterocycles. The maximum Gasteiger partial charge on any atom is 0.317 e. The predicted molar refractivity (Wildman–Crippen MR) is 66.9 cm³/mol. The van der Waals surface area contributed by atoms with E-state index in [0.717, 1.165) is 0 Å². The van der Waals surface area contributed by atoms with Crippen molar-refractivity contribution >= 4 is 12.0 Å². The Bertz CT molecular complexity index is 271. The summed E-state index contributed by atoms with van der Waals surface area (Å²) in [6.45, 7) is 8.63. The van der Waals surface area contributed by atoms with Crippen LogP contribution in [0.3, 0.4) is 0 Å². The number of hydrogen-bond acceptors (Lipinski definition) is 2. The molecular formula is C12H24N2O3. The van der Waals surface area contributed by atoms with Gasteiger partial charge in [0, 0.05) is 19.6 Å². The number of carbonyl (C=O) groups is 2. The molecule has 5 nitrogen and oxygen atoms in total. The van der Waals surface area contributed by atoms with Crippen LogP contribution < -0.4 is 5.32 Å². The van der Waals surface area contributed by atoms with E-state index < -0.39 is 5.97 Å². The fraction of sp³-hybridized carbons (Fsp3) is 0.833. The van der Waals surface area contributed by atoms with Gasteiger partial charge in [-0.25, -0.2) is 4.79 Å². The molecule has 0 bridgehead atoms. The lowest BCUT2D eigenvalue weighted by Gasteiger charge is -2.28. The second-order valence-electron chi connectivity index (χ2n) is 5.57. The highest BCUT2D eigenvalue weighted by molar-refractivity contribution is 5.75. The monoisotopic (exact) mass is 244 g/mol. The van der Waals surface area contributed by atoms with Crippen LogP contribution in [0.2, 0.25) is 0 Å². The van der Waals surface area contributed by atoms with Crippen LogP contribution in [0.1, 0.15) is 40.5 Å². The number of carboxylic acids is 1. The SMILES string of the molecule is CCC(CC(=O)O)NC(=O)N(C)CC(C)(C)C. The van der Waals surface area contributed by atoms with E-state index in [-0.39, 0.29) is 23.9 Å². The zero-order valence-electron chi connectivity index (χ0n) is 11.4. The number of carboxylic acid groups (broad SMARTS) is 1. The number of carbonyl (C=O) groups excluding carboxylic acids is 1. The Morgan fingerprint density at radius 1 is 1.35 bits per heavy atom. The van der Waals surface area contributed by atoms with Gasteiger partial charge >= 0.3 is 12.0 Å². The molecule has 0 radical (unpaired) electrons. The minimum atomic E-state index is -0.893. The second-order valence-corrected chi connectivity index (χ2v) is 5.57. The van der Waals surface area contributed by atoms with Gasteiger partial charge in [-0.2, -0.15) is 0 Å². The third kappa shape index (κ3) is 7.60. The summed E-state index contributed by atoms with van der Waals surface area (Å²) in [7, 11) is 1.72. The summed E-state index contributed by atoms with van der Waals surface area (Å²) in [4.78, 5) is 24.0. The normalized spacial score (nSPS) is 13.0. The molecule has 0 saturated heterocycles. The molecule has 5 heteroatoms. The van der Waals surface area contributed by atoms with E-state index in [2.05, 4.69) is 5.32 Å². The highest BCUT2D eigenvalue weighted by Gasteiger charge is 2.20. The zero-order valence-corrected chi connectivity index (χ0v) is 11.4. The van der Waals surface area contributed by atoms with Crippen molar-refractivity contribution in [2.24, 2.45) is 5.41 Å². The summed E-state index contributed by atoms with van der Waals surface area (Å²) in [6, 6.07) is -0.518. The molecule has 0 spiro atoms. The number of urea groups is 1. The van der Waals surface area contributed by atoms with Crippen LogP contribution in [0, 0.1) is 5.41 Å². The molecule has 0 aromatic heterocycles. The maximum absolute atomic E-state index is 11.8. The van der Waals surface area contributed by atoms with E-state index >= 15 is 0 Å². The quantitative estimate of drug-likeness (QED) is 0.776. The number of hydrogen-bond donors (Lipinski definition) is 2. The highest BCUT2D eigenvalue weighted by Crippen LogP contribution is 2.14. The molecule has 0 aliphatic carbocycles. The molecule has 17 heavy (non-hydrogen) atoms. The molecule has 1 unspecified atom stereocenters. The van der Waals surface area contributed by atoms with E-state index in [1.54, 1.807) is 11.9 Å². The molecule has 0 saturated carbocycles. The molecule has 0 aromatic rings. The van der Waals surface area contributed by atoms with Crippen LogP contribution >= 0.6 is 0 Å². The number of aliphatic carboxylic acids is 1. The van der Waals surface area contributed by atoms with E-state index in [1.807, 2.05) is 27.7 Å². The fourth-order valence-corrected chi connectivity index (χ4v) is 1.58. The molecule has 0 aliphatic rings. The Labute approximate surface area is 103 Å². The van der Waals surface area contributed by atoms with Crippen molar-refractivity contribution in [3.05, 3.63) is 0 Å². The minimum Gasteiger partial charge on any atom is -0.481 e. The van der Waals surface area contributed by atoms with Gasteiger partial charge < -0.3 is 15.3 Å². The van der Waals surface area contributed by atoms with Crippen LogP contribution in [0.25, 0.3) is 0 Å². The van der Waals surface area contributed by atoms with Gasteiger partial charge in [0.2, 0.25) is 0 Å². The standard InChI is InChI=1S/C12H24N2O3/c1-6-9(7-10(15)16)13-11(17)14(5)8-12(2,3)4/h9H,6-8H2,1-5H3,(H,13,17)(H,15,16). The highest BCUT2D eigenvalue weighted by atomic mass is 16.4. The van der Waals surface area contributed by atoms with Gasteiger partial charge in [0.15, 0.2) is 0 Å². The average Bonchev–Trinajstić information content (AvgIpc) is 2.13. The molecule has 0 rings (SSSR count). The zero-order chi connectivity index (χ0) is 13.6. The summed E-state index contributed by atoms with van der Waals surface area (Å²) >= 11 is 0. The van der Waals surface area contributed by atoms with E-state index in [9.17, 15) is 9.59 Å². The van der Waals surface area contributed by atoms with Crippen LogP contribution in [-0.2, 0) is 4.79 Å². The summed E-state index contributed by atoms with van der Waals surface area (Å²) in [5, 5.41) is 11.4. The Morgan fingerprint density at radius 3 is 2.24 bits per heavy atom. The fourth-order valence-electron chi connectivity index (χ4n) is 1.58. The van der Waals surface area contributed by atoms with Crippen LogP contribution in [-0.4, -0.2) is 41.6 Å². The van der Waals surface area contributed by atoms with Crippen molar-refractivity contribution in [2.75, 3.05) is 13.6 Å². The number of rotatable bonds is 5. The molecule has 0 heterocycles. The van der Waals surface area contributed by atoms with Crippen LogP contribution in [0.4, 0.5) is 4.79 Å². The maximum atomic E-state index is 11.8. The first-order valence-corrected chi connectivity index (χ1v) is 5.89. The Hall–Kier alpha value is -1.26. The van der Waals surface area contributed by atoms with Crippen LogP contribution in [0.5, 0.6) is 0 Å². The first-order valence-electron chi connectivity index (χ1n) is 5.89. The predicted octanol–water partition coefficient (Wildman–Crippen LogP) is 1.93.